The lowest BCUT2D eigenvalue weighted by molar-refractivity contribution is 0.141. The van der Waals surface area contributed by atoms with E-state index >= 15 is 0 Å². The number of methoxy groups -OCH3 is 1. The number of piperidine rings is 2. The predicted octanol–water partition coefficient (Wildman–Crippen LogP) is 5.50. The van der Waals surface area contributed by atoms with Crippen molar-refractivity contribution in [3.05, 3.63) is 65.9 Å². The number of anilines is 2. The van der Waals surface area contributed by atoms with E-state index in [1.165, 1.54) is 50.6 Å². The molecule has 1 aromatic heterocycles. The molecule has 3 heterocycles. The van der Waals surface area contributed by atoms with Gasteiger partial charge >= 0.3 is 0 Å². The van der Waals surface area contributed by atoms with Gasteiger partial charge in [-0.2, -0.15) is 4.98 Å². The van der Waals surface area contributed by atoms with Crippen molar-refractivity contribution >= 4 is 11.8 Å². The fourth-order valence-corrected chi connectivity index (χ4v) is 5.25. The minimum absolute atomic E-state index is 0.0170. The summed E-state index contributed by atoms with van der Waals surface area (Å²) < 4.78 is 34.0. The Labute approximate surface area is 211 Å². The fourth-order valence-electron chi connectivity index (χ4n) is 5.25. The smallest absolute Gasteiger partial charge is 0.227 e. The average Bonchev–Trinajstić information content (AvgIpc) is 2.93. The van der Waals surface area contributed by atoms with Crippen molar-refractivity contribution < 1.29 is 13.5 Å². The van der Waals surface area contributed by atoms with Crippen LogP contribution in [0.25, 0.3) is 11.1 Å². The van der Waals surface area contributed by atoms with Gasteiger partial charge in [0, 0.05) is 43.0 Å². The van der Waals surface area contributed by atoms with Gasteiger partial charge in [-0.1, -0.05) is 24.6 Å². The van der Waals surface area contributed by atoms with Gasteiger partial charge in [0.05, 0.1) is 7.11 Å². The van der Waals surface area contributed by atoms with Gasteiger partial charge < -0.3 is 19.9 Å². The number of nitrogens with one attached hydrogen (secondary N) is 1. The van der Waals surface area contributed by atoms with E-state index in [1.807, 2.05) is 24.3 Å². The standard InChI is InChI=1S/C28H33F2N5O/c1-36-22-8-5-7-20(17-22)23-18-32-28(33-27(23)31-19-24-25(29)9-6-10-26(24)30)35-15-11-21(12-16-35)34-13-3-2-4-14-34/h5-10,17-18,21H,2-4,11-16,19H2,1H3,(H,31,32,33). The second kappa shape index (κ2) is 11.2. The summed E-state index contributed by atoms with van der Waals surface area (Å²) in [5, 5.41) is 3.18. The molecular formula is C28H33F2N5O. The van der Waals surface area contributed by atoms with Gasteiger partial charge in [-0.3, -0.25) is 0 Å². The van der Waals surface area contributed by atoms with Gasteiger partial charge in [0.1, 0.15) is 23.2 Å². The van der Waals surface area contributed by atoms with Crippen LogP contribution in [0.3, 0.4) is 0 Å². The van der Waals surface area contributed by atoms with Crippen LogP contribution in [-0.2, 0) is 6.54 Å². The molecule has 3 aromatic rings. The molecule has 1 N–H and O–H groups in total. The summed E-state index contributed by atoms with van der Waals surface area (Å²) in [6, 6.07) is 12.1. The molecule has 190 valence electrons. The van der Waals surface area contributed by atoms with Crippen LogP contribution in [0.15, 0.2) is 48.7 Å². The van der Waals surface area contributed by atoms with Gasteiger partial charge in [0.15, 0.2) is 0 Å². The molecule has 0 amide bonds. The highest BCUT2D eigenvalue weighted by molar-refractivity contribution is 5.76. The second-order valence-corrected chi connectivity index (χ2v) is 9.53. The fraction of sp³-hybridized carbons (Fsp3) is 0.429. The Morgan fingerprint density at radius 1 is 0.972 bits per heavy atom. The molecule has 36 heavy (non-hydrogen) atoms. The molecule has 5 rings (SSSR count). The van der Waals surface area contributed by atoms with Crippen LogP contribution in [0.5, 0.6) is 5.75 Å². The van der Waals surface area contributed by atoms with Crippen LogP contribution in [-0.4, -0.2) is 54.2 Å². The van der Waals surface area contributed by atoms with Gasteiger partial charge in [0.25, 0.3) is 0 Å². The van der Waals surface area contributed by atoms with Crippen LogP contribution < -0.4 is 15.0 Å². The van der Waals surface area contributed by atoms with Crippen molar-refractivity contribution in [1.29, 1.82) is 0 Å². The summed E-state index contributed by atoms with van der Waals surface area (Å²) in [4.78, 5) is 14.4. The first-order valence-corrected chi connectivity index (χ1v) is 12.8. The van der Waals surface area contributed by atoms with Gasteiger partial charge in [-0.15, -0.1) is 0 Å². The van der Waals surface area contributed by atoms with Gasteiger partial charge in [0.2, 0.25) is 5.95 Å². The zero-order valence-corrected chi connectivity index (χ0v) is 20.7. The molecule has 2 aliphatic heterocycles. The maximum Gasteiger partial charge on any atom is 0.227 e. The van der Waals surface area contributed by atoms with Crippen molar-refractivity contribution in [2.75, 3.05) is 43.5 Å². The molecule has 0 radical (unpaired) electrons. The van der Waals surface area contributed by atoms with E-state index in [1.54, 1.807) is 13.3 Å². The molecule has 2 saturated heterocycles. The Kier molecular flexibility index (Phi) is 7.60. The van der Waals surface area contributed by atoms with Gasteiger partial charge in [-0.25, -0.2) is 13.8 Å². The van der Waals surface area contributed by atoms with Crippen LogP contribution in [0.1, 0.15) is 37.7 Å². The number of hydrogen-bond acceptors (Lipinski definition) is 6. The molecule has 2 aliphatic rings. The largest absolute Gasteiger partial charge is 0.497 e. The molecule has 2 aromatic carbocycles. The third-order valence-corrected chi connectivity index (χ3v) is 7.31. The Morgan fingerprint density at radius 2 is 1.69 bits per heavy atom. The third-order valence-electron chi connectivity index (χ3n) is 7.31. The molecule has 0 bridgehead atoms. The SMILES string of the molecule is COc1cccc(-c2cnc(N3CCC(N4CCCCC4)CC3)nc2NCc2c(F)cccc2F)c1. The van der Waals surface area contributed by atoms with Crippen molar-refractivity contribution in [1.82, 2.24) is 14.9 Å². The van der Waals surface area contributed by atoms with Crippen molar-refractivity contribution in [3.63, 3.8) is 0 Å². The van der Waals surface area contributed by atoms with E-state index < -0.39 is 11.6 Å². The summed E-state index contributed by atoms with van der Waals surface area (Å²) in [6.07, 6.45) is 7.90. The first-order chi connectivity index (χ1) is 17.6. The molecule has 0 unspecified atom stereocenters. The van der Waals surface area contributed by atoms with E-state index in [9.17, 15) is 8.78 Å². The van der Waals surface area contributed by atoms with E-state index in [4.69, 9.17) is 14.7 Å². The average molecular weight is 494 g/mol. The Bertz CT molecular complexity index is 1160. The molecular weight excluding hydrogens is 460 g/mol. The highest BCUT2D eigenvalue weighted by atomic mass is 19.1. The molecule has 0 atom stereocenters. The van der Waals surface area contributed by atoms with Crippen molar-refractivity contribution in [2.45, 2.75) is 44.7 Å². The Balaban J connectivity index is 1.38. The van der Waals surface area contributed by atoms with E-state index in [0.717, 1.165) is 37.1 Å². The molecule has 0 spiro atoms. The first-order valence-electron chi connectivity index (χ1n) is 12.8. The Hall–Kier alpha value is -3.26. The maximum atomic E-state index is 14.3. The predicted molar refractivity (Wildman–Crippen MR) is 138 cm³/mol. The molecule has 6 nitrogen and oxygen atoms in total. The van der Waals surface area contributed by atoms with Crippen LogP contribution >= 0.6 is 0 Å². The monoisotopic (exact) mass is 493 g/mol. The summed E-state index contributed by atoms with van der Waals surface area (Å²) >= 11 is 0. The lowest BCUT2D eigenvalue weighted by Gasteiger charge is -2.40. The quantitative estimate of drug-likeness (QED) is 0.469. The number of benzene rings is 2. The molecule has 2 fully saturated rings. The highest BCUT2D eigenvalue weighted by Gasteiger charge is 2.27. The highest BCUT2D eigenvalue weighted by Crippen LogP contribution is 2.31. The van der Waals surface area contributed by atoms with Crippen molar-refractivity contribution in [2.24, 2.45) is 0 Å². The number of ether oxygens (including phenoxy) is 1. The first kappa shape index (κ1) is 24.4. The van der Waals surface area contributed by atoms with E-state index in [-0.39, 0.29) is 12.1 Å². The van der Waals surface area contributed by atoms with Crippen LogP contribution in [0.2, 0.25) is 0 Å². The summed E-state index contributed by atoms with van der Waals surface area (Å²) in [5.74, 6) is 0.714. The number of rotatable bonds is 7. The number of aromatic nitrogens is 2. The zero-order chi connectivity index (χ0) is 24.9. The maximum absolute atomic E-state index is 14.3. The number of nitrogens with zero attached hydrogens (tertiary/aromatic N) is 4. The summed E-state index contributed by atoms with van der Waals surface area (Å²) in [7, 11) is 1.62. The van der Waals surface area contributed by atoms with E-state index in [2.05, 4.69) is 15.1 Å². The number of hydrogen-bond donors (Lipinski definition) is 1. The number of likely N-dealkylation sites (tertiary alicyclic amines) is 1. The van der Waals surface area contributed by atoms with Crippen LogP contribution in [0, 0.1) is 11.6 Å². The summed E-state index contributed by atoms with van der Waals surface area (Å²) in [5.41, 5.74) is 1.59. The third kappa shape index (κ3) is 5.43. The van der Waals surface area contributed by atoms with Crippen molar-refractivity contribution in [3.8, 4) is 16.9 Å². The molecule has 0 aliphatic carbocycles. The topological polar surface area (TPSA) is 53.5 Å². The second-order valence-electron chi connectivity index (χ2n) is 9.53. The summed E-state index contributed by atoms with van der Waals surface area (Å²) in [6.45, 7) is 4.17. The molecule has 8 heteroatoms. The minimum atomic E-state index is -0.584. The Morgan fingerprint density at radius 3 is 2.42 bits per heavy atom. The van der Waals surface area contributed by atoms with E-state index in [0.29, 0.717) is 23.6 Å². The lowest BCUT2D eigenvalue weighted by atomic mass is 10.00. The molecule has 0 saturated carbocycles. The minimum Gasteiger partial charge on any atom is -0.497 e. The number of halogens is 2. The zero-order valence-electron chi connectivity index (χ0n) is 20.7. The normalized spacial score (nSPS) is 17.2. The lowest BCUT2D eigenvalue weighted by Crippen LogP contribution is -2.47. The van der Waals surface area contributed by atoms with Gasteiger partial charge in [-0.05, 0) is 68.6 Å². The van der Waals surface area contributed by atoms with Crippen LogP contribution in [0.4, 0.5) is 20.5 Å².